The summed E-state index contributed by atoms with van der Waals surface area (Å²) in [6.45, 7) is 4.26. The number of hydrogen-bond donors (Lipinski definition) is 0. The molecule has 0 aliphatic heterocycles. The van der Waals surface area contributed by atoms with Gasteiger partial charge in [0, 0.05) is 12.2 Å². The van der Waals surface area contributed by atoms with Crippen molar-refractivity contribution in [3.05, 3.63) is 77.4 Å². The van der Waals surface area contributed by atoms with Gasteiger partial charge < -0.3 is 4.74 Å². The van der Waals surface area contributed by atoms with E-state index in [1.807, 2.05) is 24.3 Å². The fourth-order valence-corrected chi connectivity index (χ4v) is 3.05. The average molecular weight is 340 g/mol. The molecule has 1 atom stereocenters. The van der Waals surface area contributed by atoms with Crippen LogP contribution in [0.5, 0.6) is 0 Å². The Kier molecular flexibility index (Phi) is 5.44. The molecule has 1 nitrogen and oxygen atoms in total. The van der Waals surface area contributed by atoms with Gasteiger partial charge in [-0.15, -0.1) is 0 Å². The molecular formula is C22H22F2O. The van der Waals surface area contributed by atoms with Crippen LogP contribution in [0.15, 0.2) is 66.3 Å². The molecule has 0 saturated carbocycles. The molecule has 25 heavy (non-hydrogen) atoms. The van der Waals surface area contributed by atoms with Crippen LogP contribution in [-0.4, -0.2) is 12.7 Å². The number of benzene rings is 2. The van der Waals surface area contributed by atoms with Crippen molar-refractivity contribution < 1.29 is 13.5 Å². The highest BCUT2D eigenvalue weighted by Gasteiger charge is 2.26. The van der Waals surface area contributed by atoms with Crippen molar-refractivity contribution in [2.24, 2.45) is 0 Å². The molecule has 0 N–H and O–H groups in total. The lowest BCUT2D eigenvalue weighted by Gasteiger charge is -2.20. The Balaban J connectivity index is 1.83. The third-order valence-corrected chi connectivity index (χ3v) is 4.52. The second kappa shape index (κ2) is 7.75. The molecule has 0 amide bonds. The highest BCUT2D eigenvalue weighted by molar-refractivity contribution is 5.80. The zero-order valence-electron chi connectivity index (χ0n) is 14.6. The summed E-state index contributed by atoms with van der Waals surface area (Å²) in [5.74, 6) is -1.62. The van der Waals surface area contributed by atoms with E-state index in [-0.39, 0.29) is 0 Å². The molecule has 0 spiro atoms. The van der Waals surface area contributed by atoms with Crippen molar-refractivity contribution in [2.75, 3.05) is 6.61 Å². The van der Waals surface area contributed by atoms with E-state index in [1.54, 1.807) is 13.0 Å². The van der Waals surface area contributed by atoms with Crippen LogP contribution in [0.3, 0.4) is 0 Å². The predicted molar refractivity (Wildman–Crippen MR) is 98.5 cm³/mol. The number of allylic oxidation sites excluding steroid dienone is 2. The monoisotopic (exact) mass is 340 g/mol. The molecule has 0 radical (unpaired) electrons. The van der Waals surface area contributed by atoms with Gasteiger partial charge in [0.1, 0.15) is 6.10 Å². The van der Waals surface area contributed by atoms with Crippen LogP contribution in [-0.2, 0) is 11.2 Å². The summed E-state index contributed by atoms with van der Waals surface area (Å²) < 4.78 is 33.7. The molecule has 0 aromatic heterocycles. The summed E-state index contributed by atoms with van der Waals surface area (Å²) >= 11 is 0. The van der Waals surface area contributed by atoms with E-state index in [0.29, 0.717) is 24.2 Å². The largest absolute Gasteiger partial charge is 0.371 e. The van der Waals surface area contributed by atoms with Crippen molar-refractivity contribution in [3.8, 4) is 11.1 Å². The van der Waals surface area contributed by atoms with Gasteiger partial charge in [-0.05, 0) is 42.0 Å². The fourth-order valence-electron chi connectivity index (χ4n) is 3.05. The van der Waals surface area contributed by atoms with Gasteiger partial charge in [0.2, 0.25) is 0 Å². The summed E-state index contributed by atoms with van der Waals surface area (Å²) in [5, 5.41) is 0. The molecular weight excluding hydrogens is 318 g/mol. The lowest BCUT2D eigenvalue weighted by molar-refractivity contribution is 0.0710. The molecule has 1 aliphatic carbocycles. The Labute approximate surface area is 147 Å². The van der Waals surface area contributed by atoms with Crippen LogP contribution >= 0.6 is 0 Å². The maximum atomic E-state index is 14.4. The minimum absolute atomic E-state index is 0.307. The quantitative estimate of drug-likeness (QED) is 0.624. The summed E-state index contributed by atoms with van der Waals surface area (Å²) in [6.07, 6.45) is 2.27. The van der Waals surface area contributed by atoms with Crippen LogP contribution in [0, 0.1) is 0 Å². The number of aryl methyl sites for hydroxylation is 1. The lowest BCUT2D eigenvalue weighted by Crippen LogP contribution is -2.17. The summed E-state index contributed by atoms with van der Waals surface area (Å²) in [6, 6.07) is 15.9. The third-order valence-electron chi connectivity index (χ3n) is 4.52. The second-order valence-corrected chi connectivity index (χ2v) is 6.09. The van der Waals surface area contributed by atoms with E-state index < -0.39 is 17.8 Å². The Morgan fingerprint density at radius 1 is 0.880 bits per heavy atom. The number of hydrogen-bond acceptors (Lipinski definition) is 1. The van der Waals surface area contributed by atoms with Crippen molar-refractivity contribution >= 4 is 5.57 Å². The molecule has 1 aliphatic rings. The summed E-state index contributed by atoms with van der Waals surface area (Å²) in [5.41, 5.74) is 4.44. The first-order valence-corrected chi connectivity index (χ1v) is 8.71. The molecule has 1 unspecified atom stereocenters. The highest BCUT2D eigenvalue weighted by atomic mass is 19.2. The smallest absolute Gasteiger partial charge is 0.165 e. The van der Waals surface area contributed by atoms with Gasteiger partial charge in [0.05, 0.1) is 0 Å². The van der Waals surface area contributed by atoms with Gasteiger partial charge in [0.15, 0.2) is 11.7 Å². The molecule has 130 valence electrons. The van der Waals surface area contributed by atoms with E-state index in [0.717, 1.165) is 17.5 Å². The van der Waals surface area contributed by atoms with E-state index in [1.165, 1.54) is 5.56 Å². The summed E-state index contributed by atoms with van der Waals surface area (Å²) in [7, 11) is 0. The molecule has 2 aromatic rings. The van der Waals surface area contributed by atoms with Crippen LogP contribution < -0.4 is 0 Å². The van der Waals surface area contributed by atoms with Crippen molar-refractivity contribution in [3.63, 3.8) is 0 Å². The normalized spacial score (nSPS) is 17.6. The molecule has 0 fully saturated rings. The van der Waals surface area contributed by atoms with Crippen LogP contribution in [0.2, 0.25) is 0 Å². The molecule has 3 rings (SSSR count). The van der Waals surface area contributed by atoms with Gasteiger partial charge in [-0.3, -0.25) is 0 Å². The van der Waals surface area contributed by atoms with Gasteiger partial charge >= 0.3 is 0 Å². The number of halogens is 2. The summed E-state index contributed by atoms with van der Waals surface area (Å²) in [4.78, 5) is 0. The first-order chi connectivity index (χ1) is 12.1. The van der Waals surface area contributed by atoms with Crippen molar-refractivity contribution in [1.82, 2.24) is 0 Å². The van der Waals surface area contributed by atoms with Gasteiger partial charge in [-0.25, -0.2) is 8.78 Å². The van der Waals surface area contributed by atoms with Crippen LogP contribution in [0.1, 0.15) is 31.4 Å². The zero-order valence-corrected chi connectivity index (χ0v) is 14.6. The van der Waals surface area contributed by atoms with E-state index in [9.17, 15) is 8.78 Å². The van der Waals surface area contributed by atoms with Gasteiger partial charge in [-0.1, -0.05) is 61.5 Å². The van der Waals surface area contributed by atoms with Gasteiger partial charge in [0.25, 0.3) is 0 Å². The molecule has 0 heterocycles. The predicted octanol–water partition coefficient (Wildman–Crippen LogP) is 6.26. The van der Waals surface area contributed by atoms with Crippen molar-refractivity contribution in [2.45, 2.75) is 32.8 Å². The standard InChI is InChI=1S/C22H22F2O/c1-3-15-5-7-16(8-6-15)17-9-11-18(12-10-17)19-13-14-20(25-4-2)22(24)21(19)23/h5-13,20H,3-4,14H2,1-2H3. The number of ether oxygens (including phenoxy) is 1. The zero-order chi connectivity index (χ0) is 17.8. The van der Waals surface area contributed by atoms with E-state index in [4.69, 9.17) is 4.74 Å². The second-order valence-electron chi connectivity index (χ2n) is 6.09. The average Bonchev–Trinajstić information content (AvgIpc) is 2.66. The minimum atomic E-state index is -0.815. The third kappa shape index (κ3) is 3.72. The van der Waals surface area contributed by atoms with Crippen LogP contribution in [0.25, 0.3) is 16.7 Å². The maximum absolute atomic E-state index is 14.4. The van der Waals surface area contributed by atoms with Crippen LogP contribution in [0.4, 0.5) is 8.78 Å². The minimum Gasteiger partial charge on any atom is -0.371 e. The molecule has 2 aromatic carbocycles. The maximum Gasteiger partial charge on any atom is 0.165 e. The van der Waals surface area contributed by atoms with Gasteiger partial charge in [-0.2, -0.15) is 0 Å². The Morgan fingerprint density at radius 3 is 2.00 bits per heavy atom. The molecule has 0 bridgehead atoms. The first-order valence-electron chi connectivity index (χ1n) is 8.71. The Bertz CT molecular complexity index is 786. The SMILES string of the molecule is CCOC1CC=C(c2ccc(-c3ccc(CC)cc3)cc2)C(F)=C1F. The lowest BCUT2D eigenvalue weighted by atomic mass is 9.94. The number of rotatable bonds is 5. The van der Waals surface area contributed by atoms with E-state index in [2.05, 4.69) is 31.2 Å². The molecule has 3 heteroatoms. The van der Waals surface area contributed by atoms with E-state index >= 15 is 0 Å². The van der Waals surface area contributed by atoms with Crippen molar-refractivity contribution in [1.29, 1.82) is 0 Å². The fraction of sp³-hybridized carbons (Fsp3) is 0.273. The molecule has 0 saturated heterocycles. The topological polar surface area (TPSA) is 9.23 Å². The first kappa shape index (κ1) is 17.6. The Hall–Kier alpha value is -2.26. The highest BCUT2D eigenvalue weighted by Crippen LogP contribution is 2.36. The Morgan fingerprint density at radius 2 is 1.44 bits per heavy atom.